The Morgan fingerprint density at radius 3 is 3.00 bits per heavy atom. The maximum atomic E-state index is 12.1. The SMILES string of the molecule is CC1CN(C(=O)c2nc(N)n[nH]2)C(C)CO1. The van der Waals surface area contributed by atoms with Crippen LogP contribution in [-0.4, -0.2) is 51.3 Å². The fraction of sp³-hybridized carbons (Fsp3) is 0.667. The largest absolute Gasteiger partial charge is 0.375 e. The van der Waals surface area contributed by atoms with Gasteiger partial charge in [0.2, 0.25) is 11.8 Å². The quantitative estimate of drug-likeness (QED) is 0.680. The highest BCUT2D eigenvalue weighted by Gasteiger charge is 2.29. The van der Waals surface area contributed by atoms with Crippen molar-refractivity contribution in [2.45, 2.75) is 26.0 Å². The Morgan fingerprint density at radius 1 is 1.62 bits per heavy atom. The summed E-state index contributed by atoms with van der Waals surface area (Å²) in [6, 6.07) is 0.0371. The van der Waals surface area contributed by atoms with E-state index in [1.54, 1.807) is 4.90 Å². The lowest BCUT2D eigenvalue weighted by Gasteiger charge is -2.36. The molecule has 1 saturated heterocycles. The molecule has 3 N–H and O–H groups in total. The zero-order chi connectivity index (χ0) is 11.7. The van der Waals surface area contributed by atoms with E-state index in [0.717, 1.165) is 0 Å². The molecule has 0 aliphatic carbocycles. The van der Waals surface area contributed by atoms with Gasteiger partial charge in [-0.05, 0) is 13.8 Å². The molecule has 0 saturated carbocycles. The number of carbonyl (C=O) groups excluding carboxylic acids is 1. The van der Waals surface area contributed by atoms with Crippen LogP contribution in [0.15, 0.2) is 0 Å². The van der Waals surface area contributed by atoms with Crippen LogP contribution < -0.4 is 5.73 Å². The zero-order valence-electron chi connectivity index (χ0n) is 9.30. The summed E-state index contributed by atoms with van der Waals surface area (Å²) in [4.78, 5) is 17.6. The summed E-state index contributed by atoms with van der Waals surface area (Å²) in [6.45, 7) is 4.96. The number of hydrogen-bond donors (Lipinski definition) is 2. The van der Waals surface area contributed by atoms with Gasteiger partial charge in [-0.1, -0.05) is 0 Å². The number of carbonyl (C=O) groups is 1. The first-order valence-electron chi connectivity index (χ1n) is 5.18. The summed E-state index contributed by atoms with van der Waals surface area (Å²) in [5.41, 5.74) is 5.36. The smallest absolute Gasteiger partial charge is 0.291 e. The van der Waals surface area contributed by atoms with Gasteiger partial charge in [-0.25, -0.2) is 0 Å². The van der Waals surface area contributed by atoms with Gasteiger partial charge in [0.15, 0.2) is 0 Å². The normalized spacial score (nSPS) is 25.8. The molecule has 1 amide bonds. The number of nitrogens with one attached hydrogen (secondary N) is 1. The van der Waals surface area contributed by atoms with Gasteiger partial charge in [0.05, 0.1) is 18.8 Å². The van der Waals surface area contributed by atoms with E-state index < -0.39 is 0 Å². The van der Waals surface area contributed by atoms with Gasteiger partial charge in [0.25, 0.3) is 5.91 Å². The number of hydrogen-bond acceptors (Lipinski definition) is 5. The Labute approximate surface area is 93.0 Å². The highest BCUT2D eigenvalue weighted by molar-refractivity contribution is 5.91. The second-order valence-electron chi connectivity index (χ2n) is 3.99. The van der Waals surface area contributed by atoms with Crippen LogP contribution in [0.4, 0.5) is 5.95 Å². The molecule has 0 spiro atoms. The van der Waals surface area contributed by atoms with Crippen molar-refractivity contribution in [3.8, 4) is 0 Å². The molecule has 1 aromatic heterocycles. The number of amides is 1. The number of rotatable bonds is 1. The standard InChI is InChI=1S/C9H15N5O2/c1-5-4-16-6(2)3-14(5)8(15)7-11-9(10)13-12-7/h5-6H,3-4H2,1-2H3,(H3,10,11,12,13). The van der Waals surface area contributed by atoms with Crippen molar-refractivity contribution in [1.29, 1.82) is 0 Å². The first-order chi connectivity index (χ1) is 7.58. The zero-order valence-corrected chi connectivity index (χ0v) is 9.30. The average molecular weight is 225 g/mol. The molecule has 2 unspecified atom stereocenters. The Kier molecular flexibility index (Phi) is 2.78. The number of aromatic amines is 1. The van der Waals surface area contributed by atoms with Gasteiger partial charge < -0.3 is 15.4 Å². The number of morpholine rings is 1. The van der Waals surface area contributed by atoms with E-state index in [1.165, 1.54) is 0 Å². The van der Waals surface area contributed by atoms with Gasteiger partial charge in [-0.15, -0.1) is 5.10 Å². The maximum absolute atomic E-state index is 12.1. The van der Waals surface area contributed by atoms with E-state index in [2.05, 4.69) is 15.2 Å². The van der Waals surface area contributed by atoms with Crippen LogP contribution >= 0.6 is 0 Å². The van der Waals surface area contributed by atoms with Crippen LogP contribution in [0.2, 0.25) is 0 Å². The number of H-pyrrole nitrogens is 1. The van der Waals surface area contributed by atoms with Crippen LogP contribution in [-0.2, 0) is 4.74 Å². The molecule has 88 valence electrons. The Morgan fingerprint density at radius 2 is 2.38 bits per heavy atom. The Bertz CT molecular complexity index is 391. The highest BCUT2D eigenvalue weighted by atomic mass is 16.5. The second kappa shape index (κ2) is 4.09. The van der Waals surface area contributed by atoms with Crippen molar-refractivity contribution in [2.75, 3.05) is 18.9 Å². The molecule has 1 aliphatic rings. The van der Waals surface area contributed by atoms with E-state index in [-0.39, 0.29) is 29.8 Å². The predicted molar refractivity (Wildman–Crippen MR) is 56.7 cm³/mol. The number of nitrogen functional groups attached to an aromatic ring is 1. The third-order valence-corrected chi connectivity index (χ3v) is 2.57. The second-order valence-corrected chi connectivity index (χ2v) is 3.99. The molecule has 1 fully saturated rings. The number of aromatic nitrogens is 3. The van der Waals surface area contributed by atoms with Crippen molar-refractivity contribution in [1.82, 2.24) is 20.1 Å². The minimum atomic E-state index is -0.188. The number of nitrogens with zero attached hydrogens (tertiary/aromatic N) is 3. The first kappa shape index (κ1) is 10.9. The first-order valence-corrected chi connectivity index (χ1v) is 5.18. The van der Waals surface area contributed by atoms with Crippen LogP contribution in [0.1, 0.15) is 24.5 Å². The highest BCUT2D eigenvalue weighted by Crippen LogP contribution is 2.13. The molecule has 16 heavy (non-hydrogen) atoms. The van der Waals surface area contributed by atoms with Gasteiger partial charge in [-0.3, -0.25) is 9.89 Å². The molecule has 2 heterocycles. The third kappa shape index (κ3) is 1.99. The average Bonchev–Trinajstić information content (AvgIpc) is 2.67. The summed E-state index contributed by atoms with van der Waals surface area (Å²) in [5, 5.41) is 6.16. The fourth-order valence-electron chi connectivity index (χ4n) is 1.69. The van der Waals surface area contributed by atoms with Gasteiger partial charge in [0, 0.05) is 6.54 Å². The summed E-state index contributed by atoms with van der Waals surface area (Å²) >= 11 is 0. The molecule has 0 radical (unpaired) electrons. The minimum absolute atomic E-state index is 0.0371. The Balaban J connectivity index is 2.14. The molecule has 7 heteroatoms. The fourth-order valence-corrected chi connectivity index (χ4v) is 1.69. The van der Waals surface area contributed by atoms with Gasteiger partial charge >= 0.3 is 0 Å². The lowest BCUT2D eigenvalue weighted by Crippen LogP contribution is -2.50. The summed E-state index contributed by atoms with van der Waals surface area (Å²) < 4.78 is 5.45. The van der Waals surface area contributed by atoms with E-state index in [9.17, 15) is 4.79 Å². The van der Waals surface area contributed by atoms with Gasteiger partial charge in [0.1, 0.15) is 0 Å². The van der Waals surface area contributed by atoms with Crippen molar-refractivity contribution >= 4 is 11.9 Å². The molecule has 2 rings (SSSR count). The van der Waals surface area contributed by atoms with Crippen molar-refractivity contribution in [3.05, 3.63) is 5.82 Å². The molecule has 0 bridgehead atoms. The molecular weight excluding hydrogens is 210 g/mol. The maximum Gasteiger partial charge on any atom is 0.291 e. The predicted octanol–water partition coefficient (Wildman–Crippen LogP) is -0.364. The van der Waals surface area contributed by atoms with Crippen LogP contribution in [0, 0.1) is 0 Å². The summed E-state index contributed by atoms with van der Waals surface area (Å²) in [7, 11) is 0. The number of nitrogens with two attached hydrogens (primary N) is 1. The van der Waals surface area contributed by atoms with Crippen molar-refractivity contribution in [3.63, 3.8) is 0 Å². The number of anilines is 1. The monoisotopic (exact) mass is 225 g/mol. The molecular formula is C9H15N5O2. The minimum Gasteiger partial charge on any atom is -0.375 e. The molecule has 1 aromatic rings. The van der Waals surface area contributed by atoms with E-state index in [4.69, 9.17) is 10.5 Å². The lowest BCUT2D eigenvalue weighted by molar-refractivity contribution is -0.0390. The molecule has 1 aliphatic heterocycles. The van der Waals surface area contributed by atoms with Crippen molar-refractivity contribution in [2.24, 2.45) is 0 Å². The summed E-state index contributed by atoms with van der Waals surface area (Å²) in [5.74, 6) is 0.0719. The lowest BCUT2D eigenvalue weighted by atomic mass is 10.2. The summed E-state index contributed by atoms with van der Waals surface area (Å²) in [6.07, 6.45) is 0.0421. The topological polar surface area (TPSA) is 97.1 Å². The van der Waals surface area contributed by atoms with Crippen LogP contribution in [0.3, 0.4) is 0 Å². The molecule has 7 nitrogen and oxygen atoms in total. The number of ether oxygens (including phenoxy) is 1. The van der Waals surface area contributed by atoms with Crippen LogP contribution in [0.5, 0.6) is 0 Å². The molecule has 2 atom stereocenters. The molecule has 0 aromatic carbocycles. The van der Waals surface area contributed by atoms with E-state index in [0.29, 0.717) is 13.2 Å². The van der Waals surface area contributed by atoms with E-state index >= 15 is 0 Å². The van der Waals surface area contributed by atoms with Gasteiger partial charge in [-0.2, -0.15) is 4.98 Å². The van der Waals surface area contributed by atoms with Crippen LogP contribution in [0.25, 0.3) is 0 Å². The van der Waals surface area contributed by atoms with E-state index in [1.807, 2.05) is 13.8 Å². The third-order valence-electron chi connectivity index (χ3n) is 2.57. The Hall–Kier alpha value is -1.63. The van der Waals surface area contributed by atoms with Crippen molar-refractivity contribution < 1.29 is 9.53 Å².